The van der Waals surface area contributed by atoms with Gasteiger partial charge in [0.1, 0.15) is 0 Å². The molecule has 0 aliphatic heterocycles. The predicted molar refractivity (Wildman–Crippen MR) is 57.8 cm³/mol. The molecule has 0 fully saturated rings. The van der Waals surface area contributed by atoms with E-state index in [1.807, 2.05) is 0 Å². The minimum Gasteiger partial charge on any atom is -0.476 e. The van der Waals surface area contributed by atoms with E-state index in [0.717, 1.165) is 0 Å². The van der Waals surface area contributed by atoms with Gasteiger partial charge in [-0.25, -0.2) is 9.78 Å². The van der Waals surface area contributed by atoms with Crippen LogP contribution >= 0.6 is 11.6 Å². The number of alkyl halides is 1. The Balaban J connectivity index is 2.93. The summed E-state index contributed by atoms with van der Waals surface area (Å²) < 4.78 is 0. The van der Waals surface area contributed by atoms with Gasteiger partial charge in [0.15, 0.2) is 5.69 Å². The van der Waals surface area contributed by atoms with Crippen molar-refractivity contribution in [2.75, 3.05) is 11.6 Å². The second-order valence-corrected chi connectivity index (χ2v) is 3.09. The van der Waals surface area contributed by atoms with Crippen molar-refractivity contribution in [2.24, 2.45) is 0 Å². The Kier molecular flexibility index (Phi) is 3.95. The second kappa shape index (κ2) is 5.23. The molecule has 15 heavy (non-hydrogen) atoms. The van der Waals surface area contributed by atoms with Gasteiger partial charge >= 0.3 is 5.97 Å². The third-order valence-corrected chi connectivity index (χ3v) is 1.76. The van der Waals surface area contributed by atoms with Gasteiger partial charge in [-0.1, -0.05) is 11.8 Å². The molecule has 0 atom stereocenters. The van der Waals surface area contributed by atoms with E-state index in [0.29, 0.717) is 17.9 Å². The van der Waals surface area contributed by atoms with E-state index in [9.17, 15) is 4.79 Å². The lowest BCUT2D eigenvalue weighted by atomic mass is 10.2. The van der Waals surface area contributed by atoms with Crippen LogP contribution in [0.15, 0.2) is 12.3 Å². The second-order valence-electron chi connectivity index (χ2n) is 2.71. The summed E-state index contributed by atoms with van der Waals surface area (Å²) >= 11 is 5.45. The van der Waals surface area contributed by atoms with E-state index in [4.69, 9.17) is 22.4 Å². The number of carboxylic acid groups (broad SMARTS) is 1. The van der Waals surface area contributed by atoms with Crippen molar-refractivity contribution in [3.8, 4) is 11.8 Å². The molecular formula is C10H9ClN2O2. The fourth-order valence-electron chi connectivity index (χ4n) is 0.941. The number of hydrogen-bond donors (Lipinski definition) is 2. The van der Waals surface area contributed by atoms with Gasteiger partial charge < -0.3 is 10.8 Å². The highest BCUT2D eigenvalue weighted by molar-refractivity contribution is 6.18. The van der Waals surface area contributed by atoms with Crippen LogP contribution in [0.25, 0.3) is 0 Å². The first-order chi connectivity index (χ1) is 7.15. The van der Waals surface area contributed by atoms with Gasteiger partial charge in [-0.2, -0.15) is 0 Å². The molecule has 0 unspecified atom stereocenters. The highest BCUT2D eigenvalue weighted by Crippen LogP contribution is 2.10. The van der Waals surface area contributed by atoms with Crippen LogP contribution in [0.5, 0.6) is 0 Å². The van der Waals surface area contributed by atoms with Gasteiger partial charge in [-0.05, 0) is 6.07 Å². The lowest BCUT2D eigenvalue weighted by Crippen LogP contribution is -2.05. The summed E-state index contributed by atoms with van der Waals surface area (Å²) in [6, 6.07) is 1.48. The van der Waals surface area contributed by atoms with Gasteiger partial charge in [-0.15, -0.1) is 11.6 Å². The van der Waals surface area contributed by atoms with E-state index >= 15 is 0 Å². The molecule has 78 valence electrons. The van der Waals surface area contributed by atoms with Gasteiger partial charge in [0.2, 0.25) is 0 Å². The highest BCUT2D eigenvalue weighted by Gasteiger charge is 2.08. The number of aromatic carboxylic acids is 1. The van der Waals surface area contributed by atoms with Crippen LogP contribution < -0.4 is 5.73 Å². The average Bonchev–Trinajstić information content (AvgIpc) is 2.17. The molecule has 1 heterocycles. The molecule has 0 aliphatic carbocycles. The van der Waals surface area contributed by atoms with Crippen molar-refractivity contribution in [3.63, 3.8) is 0 Å². The maximum absolute atomic E-state index is 10.6. The molecule has 0 spiro atoms. The zero-order valence-electron chi connectivity index (χ0n) is 7.83. The number of nitrogen functional groups attached to an aromatic ring is 1. The van der Waals surface area contributed by atoms with Crippen molar-refractivity contribution in [2.45, 2.75) is 6.42 Å². The van der Waals surface area contributed by atoms with Crippen molar-refractivity contribution < 1.29 is 9.90 Å². The molecular weight excluding hydrogens is 216 g/mol. The molecule has 0 radical (unpaired) electrons. The first-order valence-electron chi connectivity index (χ1n) is 4.19. The number of nitrogens with zero attached hydrogens (tertiary/aromatic N) is 1. The number of hydrogen-bond acceptors (Lipinski definition) is 3. The van der Waals surface area contributed by atoms with Crippen LogP contribution in [0.3, 0.4) is 0 Å². The topological polar surface area (TPSA) is 76.2 Å². The number of nitrogens with two attached hydrogens (primary N) is 1. The summed E-state index contributed by atoms with van der Waals surface area (Å²) in [5, 5.41) is 8.67. The number of anilines is 1. The number of carbonyl (C=O) groups is 1. The Morgan fingerprint density at radius 1 is 1.67 bits per heavy atom. The van der Waals surface area contributed by atoms with Crippen molar-refractivity contribution in [1.82, 2.24) is 4.98 Å². The van der Waals surface area contributed by atoms with E-state index in [1.54, 1.807) is 0 Å². The number of carboxylic acids is 1. The van der Waals surface area contributed by atoms with Gasteiger partial charge in [-0.3, -0.25) is 0 Å². The zero-order valence-corrected chi connectivity index (χ0v) is 8.58. The van der Waals surface area contributed by atoms with Gasteiger partial charge in [0.05, 0.1) is 5.69 Å². The zero-order chi connectivity index (χ0) is 11.3. The quantitative estimate of drug-likeness (QED) is 0.587. The first kappa shape index (κ1) is 11.3. The Morgan fingerprint density at radius 2 is 2.40 bits per heavy atom. The molecule has 0 amide bonds. The van der Waals surface area contributed by atoms with Crippen molar-refractivity contribution >= 4 is 23.3 Å². The Morgan fingerprint density at radius 3 is 2.93 bits per heavy atom. The molecule has 0 aromatic carbocycles. The maximum atomic E-state index is 10.6. The van der Waals surface area contributed by atoms with Gasteiger partial charge in [0, 0.05) is 24.1 Å². The molecule has 0 aliphatic rings. The molecule has 4 nitrogen and oxygen atoms in total. The minimum atomic E-state index is -1.15. The summed E-state index contributed by atoms with van der Waals surface area (Å²) in [7, 11) is 0. The number of pyridine rings is 1. The van der Waals surface area contributed by atoms with Crippen LogP contribution in [0.1, 0.15) is 22.5 Å². The lowest BCUT2D eigenvalue weighted by molar-refractivity contribution is 0.0692. The molecule has 0 bridgehead atoms. The third-order valence-electron chi connectivity index (χ3n) is 1.57. The van der Waals surface area contributed by atoms with Crippen LogP contribution in [0.2, 0.25) is 0 Å². The summed E-state index contributed by atoms with van der Waals surface area (Å²) in [5.74, 6) is 4.90. The number of rotatable bonds is 2. The fourth-order valence-corrected chi connectivity index (χ4v) is 1.04. The van der Waals surface area contributed by atoms with Crippen molar-refractivity contribution in [1.29, 1.82) is 0 Å². The summed E-state index contributed by atoms with van der Waals surface area (Å²) in [5.41, 5.74) is 6.03. The summed E-state index contributed by atoms with van der Waals surface area (Å²) in [6.45, 7) is 0. The Hall–Kier alpha value is -1.73. The standard InChI is InChI=1S/C10H9ClN2O2/c11-4-2-1-3-7-5-8(12)9(10(14)15)13-6-7/h5-6H,2,4,12H2,(H,14,15). The first-order valence-corrected chi connectivity index (χ1v) is 4.72. The maximum Gasteiger partial charge on any atom is 0.356 e. The third kappa shape index (κ3) is 3.15. The Labute approximate surface area is 92.1 Å². The summed E-state index contributed by atoms with van der Waals surface area (Å²) in [4.78, 5) is 14.3. The minimum absolute atomic E-state index is 0.111. The molecule has 5 heteroatoms. The molecule has 0 saturated carbocycles. The predicted octanol–water partition coefficient (Wildman–Crippen LogP) is 1.34. The Bertz CT molecular complexity index is 435. The molecule has 1 rings (SSSR count). The fraction of sp³-hybridized carbons (Fsp3) is 0.200. The SMILES string of the molecule is Nc1cc(C#CCCCl)cnc1C(=O)O. The number of aromatic nitrogens is 1. The molecule has 3 N–H and O–H groups in total. The normalized spacial score (nSPS) is 9.13. The average molecular weight is 225 g/mol. The van der Waals surface area contributed by atoms with E-state index in [1.165, 1.54) is 12.3 Å². The van der Waals surface area contributed by atoms with Crippen LogP contribution in [-0.2, 0) is 0 Å². The molecule has 1 aromatic heterocycles. The monoisotopic (exact) mass is 224 g/mol. The van der Waals surface area contributed by atoms with Crippen LogP contribution in [0, 0.1) is 11.8 Å². The molecule has 0 saturated heterocycles. The number of halogens is 1. The van der Waals surface area contributed by atoms with Crippen LogP contribution in [0.4, 0.5) is 5.69 Å². The molecule has 1 aromatic rings. The van der Waals surface area contributed by atoms with Crippen molar-refractivity contribution in [3.05, 3.63) is 23.5 Å². The van der Waals surface area contributed by atoms with E-state index in [2.05, 4.69) is 16.8 Å². The van der Waals surface area contributed by atoms with E-state index < -0.39 is 5.97 Å². The van der Waals surface area contributed by atoms with E-state index in [-0.39, 0.29) is 11.4 Å². The largest absolute Gasteiger partial charge is 0.476 e. The smallest absolute Gasteiger partial charge is 0.356 e. The van der Waals surface area contributed by atoms with Gasteiger partial charge in [0.25, 0.3) is 0 Å². The highest BCUT2D eigenvalue weighted by atomic mass is 35.5. The van der Waals surface area contributed by atoms with Crippen LogP contribution in [-0.4, -0.2) is 21.9 Å². The summed E-state index contributed by atoms with van der Waals surface area (Å²) in [6.07, 6.45) is 1.95. The lowest BCUT2D eigenvalue weighted by Gasteiger charge is -1.98.